The van der Waals surface area contributed by atoms with Gasteiger partial charge in [0.1, 0.15) is 6.61 Å². The average molecular weight is 394 g/mol. The Morgan fingerprint density at radius 2 is 1.45 bits per heavy atom. The van der Waals surface area contributed by atoms with Gasteiger partial charge < -0.3 is 19.3 Å². The van der Waals surface area contributed by atoms with Crippen molar-refractivity contribution in [3.63, 3.8) is 0 Å². The lowest BCUT2D eigenvalue weighted by atomic mass is 9.83. The zero-order chi connectivity index (χ0) is 20.4. The van der Waals surface area contributed by atoms with Crippen LogP contribution < -0.4 is 9.47 Å². The van der Waals surface area contributed by atoms with Crippen LogP contribution in [-0.2, 0) is 15.0 Å². The summed E-state index contributed by atoms with van der Waals surface area (Å²) in [5.41, 5.74) is 0.396. The second kappa shape index (κ2) is 7.78. The number of nitrogens with zero attached hydrogens (tertiary/aromatic N) is 2. The van der Waals surface area contributed by atoms with Crippen LogP contribution in [0, 0.1) is 0 Å². The Labute approximate surface area is 171 Å². The van der Waals surface area contributed by atoms with Crippen molar-refractivity contribution in [2.75, 3.05) is 32.8 Å². The van der Waals surface area contributed by atoms with Gasteiger partial charge in [-0.3, -0.25) is 9.59 Å². The third kappa shape index (κ3) is 3.79. The summed E-state index contributed by atoms with van der Waals surface area (Å²) in [6.07, 6.45) is -0.645. The molecule has 0 aromatic heterocycles. The highest BCUT2D eigenvalue weighted by Crippen LogP contribution is 2.31. The smallest absolute Gasteiger partial charge is 0.267 e. The van der Waals surface area contributed by atoms with Crippen molar-refractivity contribution in [1.29, 1.82) is 0 Å². The Morgan fingerprint density at radius 1 is 0.862 bits per heavy atom. The minimum Gasteiger partial charge on any atom is -0.485 e. The van der Waals surface area contributed by atoms with Gasteiger partial charge in [0.2, 0.25) is 12.0 Å². The molecular weight excluding hydrogens is 368 g/mol. The number of hydrogen-bond acceptors (Lipinski definition) is 4. The van der Waals surface area contributed by atoms with E-state index in [2.05, 4.69) is 0 Å². The van der Waals surface area contributed by atoms with Crippen molar-refractivity contribution in [3.05, 3.63) is 60.2 Å². The summed E-state index contributed by atoms with van der Waals surface area (Å²) >= 11 is 0. The molecule has 0 aliphatic carbocycles. The maximum atomic E-state index is 13.1. The summed E-state index contributed by atoms with van der Waals surface area (Å²) in [6.45, 7) is 6.14. The van der Waals surface area contributed by atoms with Crippen molar-refractivity contribution >= 4 is 11.8 Å². The number of benzene rings is 2. The zero-order valence-electron chi connectivity index (χ0n) is 16.8. The predicted octanol–water partition coefficient (Wildman–Crippen LogP) is 2.48. The molecule has 0 spiro atoms. The molecule has 2 aliphatic rings. The van der Waals surface area contributed by atoms with Gasteiger partial charge in [-0.25, -0.2) is 0 Å². The highest BCUT2D eigenvalue weighted by Gasteiger charge is 2.37. The van der Waals surface area contributed by atoms with Crippen LogP contribution in [0.4, 0.5) is 0 Å². The highest BCUT2D eigenvalue weighted by molar-refractivity contribution is 5.88. The Bertz CT molecular complexity index is 889. The fourth-order valence-electron chi connectivity index (χ4n) is 3.85. The Balaban J connectivity index is 1.36. The molecule has 4 rings (SSSR count). The van der Waals surface area contributed by atoms with E-state index in [9.17, 15) is 9.59 Å². The van der Waals surface area contributed by atoms with E-state index in [1.54, 1.807) is 11.0 Å². The first-order valence-electron chi connectivity index (χ1n) is 9.99. The number of carbonyl (C=O) groups is 2. The molecule has 2 amide bonds. The van der Waals surface area contributed by atoms with Crippen LogP contribution in [0.2, 0.25) is 0 Å². The first-order chi connectivity index (χ1) is 14.0. The van der Waals surface area contributed by atoms with Gasteiger partial charge in [0.15, 0.2) is 11.5 Å². The molecule has 29 heavy (non-hydrogen) atoms. The number of ether oxygens (including phenoxy) is 2. The van der Waals surface area contributed by atoms with Gasteiger partial charge in [-0.1, -0.05) is 42.5 Å². The maximum Gasteiger partial charge on any atom is 0.267 e. The number of hydrogen-bond donors (Lipinski definition) is 0. The standard InChI is InChI=1S/C23H26N2O4/c1-23(2,17-8-4-3-5-9-17)22(27)25-14-12-24(13-15-25)21(26)20-16-28-18-10-6-7-11-19(18)29-20/h3-11,20H,12-16H2,1-2H3. The molecule has 2 heterocycles. The van der Waals surface area contributed by atoms with E-state index in [0.29, 0.717) is 37.7 Å². The first kappa shape index (κ1) is 19.3. The van der Waals surface area contributed by atoms with Gasteiger partial charge in [0.05, 0.1) is 5.41 Å². The molecular formula is C23H26N2O4. The molecule has 2 aromatic carbocycles. The largest absolute Gasteiger partial charge is 0.485 e. The lowest BCUT2D eigenvalue weighted by Gasteiger charge is -2.40. The zero-order valence-corrected chi connectivity index (χ0v) is 16.8. The van der Waals surface area contributed by atoms with E-state index >= 15 is 0 Å². The van der Waals surface area contributed by atoms with Gasteiger partial charge in [0, 0.05) is 26.2 Å². The molecule has 1 fully saturated rings. The molecule has 0 saturated carbocycles. The van der Waals surface area contributed by atoms with Crippen molar-refractivity contribution in [2.45, 2.75) is 25.4 Å². The minimum absolute atomic E-state index is 0.0852. The van der Waals surface area contributed by atoms with Crippen molar-refractivity contribution in [3.8, 4) is 11.5 Å². The van der Waals surface area contributed by atoms with Crippen molar-refractivity contribution in [2.24, 2.45) is 0 Å². The van der Waals surface area contributed by atoms with E-state index < -0.39 is 11.5 Å². The second-order valence-corrected chi connectivity index (χ2v) is 7.97. The molecule has 152 valence electrons. The quantitative estimate of drug-likeness (QED) is 0.803. The Morgan fingerprint density at radius 3 is 2.14 bits per heavy atom. The lowest BCUT2D eigenvalue weighted by Crippen LogP contribution is -2.57. The molecule has 1 atom stereocenters. The summed E-state index contributed by atoms with van der Waals surface area (Å²) in [5, 5.41) is 0. The SMILES string of the molecule is CC(C)(C(=O)N1CCN(C(=O)C2COc3ccccc3O2)CC1)c1ccccc1. The van der Waals surface area contributed by atoms with Gasteiger partial charge in [-0.2, -0.15) is 0 Å². The average Bonchev–Trinajstić information content (AvgIpc) is 2.78. The summed E-state index contributed by atoms with van der Waals surface area (Å²) in [4.78, 5) is 29.6. The first-order valence-corrected chi connectivity index (χ1v) is 9.99. The molecule has 1 saturated heterocycles. The summed E-state index contributed by atoms with van der Waals surface area (Å²) < 4.78 is 11.5. The minimum atomic E-state index is -0.645. The normalized spacial score (nSPS) is 19.0. The fourth-order valence-corrected chi connectivity index (χ4v) is 3.85. The third-order valence-corrected chi connectivity index (χ3v) is 5.69. The van der Waals surface area contributed by atoms with Gasteiger partial charge in [0.25, 0.3) is 5.91 Å². The third-order valence-electron chi connectivity index (χ3n) is 5.69. The van der Waals surface area contributed by atoms with E-state index in [1.165, 1.54) is 0 Å². The number of piperazine rings is 1. The monoisotopic (exact) mass is 394 g/mol. The molecule has 0 N–H and O–H groups in total. The number of amides is 2. The summed E-state index contributed by atoms with van der Waals surface area (Å²) in [7, 11) is 0. The topological polar surface area (TPSA) is 59.1 Å². The fraction of sp³-hybridized carbons (Fsp3) is 0.391. The highest BCUT2D eigenvalue weighted by atomic mass is 16.6. The summed E-state index contributed by atoms with van der Waals surface area (Å²) in [6, 6.07) is 17.2. The number of rotatable bonds is 3. The van der Waals surface area contributed by atoms with Crippen molar-refractivity contribution in [1.82, 2.24) is 9.80 Å². The predicted molar refractivity (Wildman–Crippen MR) is 109 cm³/mol. The van der Waals surface area contributed by atoms with E-state index in [0.717, 1.165) is 5.56 Å². The number of carbonyl (C=O) groups excluding carboxylic acids is 2. The number of para-hydroxylation sites is 2. The van der Waals surface area contributed by atoms with Gasteiger partial charge in [-0.05, 0) is 31.5 Å². The van der Waals surface area contributed by atoms with Crippen LogP contribution in [0.1, 0.15) is 19.4 Å². The van der Waals surface area contributed by atoms with Crippen LogP contribution in [0.15, 0.2) is 54.6 Å². The van der Waals surface area contributed by atoms with Gasteiger partial charge >= 0.3 is 0 Å². The molecule has 1 unspecified atom stereocenters. The van der Waals surface area contributed by atoms with Crippen LogP contribution in [0.5, 0.6) is 11.5 Å². The molecule has 2 aromatic rings. The van der Waals surface area contributed by atoms with E-state index in [1.807, 2.05) is 67.3 Å². The molecule has 0 bridgehead atoms. The van der Waals surface area contributed by atoms with Crippen LogP contribution in [0.3, 0.4) is 0 Å². The van der Waals surface area contributed by atoms with Crippen LogP contribution in [-0.4, -0.2) is 60.5 Å². The van der Waals surface area contributed by atoms with E-state index in [4.69, 9.17) is 9.47 Å². The second-order valence-electron chi connectivity index (χ2n) is 7.97. The van der Waals surface area contributed by atoms with Gasteiger partial charge in [-0.15, -0.1) is 0 Å². The number of fused-ring (bicyclic) bond motifs is 1. The Kier molecular flexibility index (Phi) is 5.18. The molecule has 6 heteroatoms. The van der Waals surface area contributed by atoms with Crippen molar-refractivity contribution < 1.29 is 19.1 Å². The summed E-state index contributed by atoms with van der Waals surface area (Å²) in [5.74, 6) is 1.25. The lowest BCUT2D eigenvalue weighted by molar-refractivity contribution is -0.147. The maximum absolute atomic E-state index is 13.1. The Hall–Kier alpha value is -3.02. The van der Waals surface area contributed by atoms with E-state index in [-0.39, 0.29) is 18.4 Å². The van der Waals surface area contributed by atoms with Crippen LogP contribution >= 0.6 is 0 Å². The molecule has 2 aliphatic heterocycles. The molecule has 6 nitrogen and oxygen atoms in total. The van der Waals surface area contributed by atoms with Crippen LogP contribution in [0.25, 0.3) is 0 Å². The molecule has 0 radical (unpaired) electrons.